The van der Waals surface area contributed by atoms with Crippen molar-refractivity contribution in [3.8, 4) is 0 Å². The summed E-state index contributed by atoms with van der Waals surface area (Å²) in [5.41, 5.74) is 1.01. The Hall–Kier alpha value is -1.37. The molecule has 128 valence electrons. The molecule has 6 heteroatoms. The first kappa shape index (κ1) is 16.5. The van der Waals surface area contributed by atoms with Gasteiger partial charge in [-0.1, -0.05) is 0 Å². The number of piperazine rings is 1. The molecule has 1 amide bonds. The number of amides is 1. The van der Waals surface area contributed by atoms with E-state index < -0.39 is 0 Å². The molecule has 2 fully saturated rings. The van der Waals surface area contributed by atoms with Crippen molar-refractivity contribution in [2.75, 3.05) is 53.4 Å². The van der Waals surface area contributed by atoms with E-state index in [9.17, 15) is 4.79 Å². The fraction of sp³-hybridized carbons (Fsp3) is 0.706. The lowest BCUT2D eigenvalue weighted by Gasteiger charge is -2.40. The molecular formula is C17H29N5O. The van der Waals surface area contributed by atoms with Crippen LogP contribution in [0.2, 0.25) is 0 Å². The summed E-state index contributed by atoms with van der Waals surface area (Å²) >= 11 is 0. The number of likely N-dealkylation sites (tertiary alicyclic amines) is 1. The van der Waals surface area contributed by atoms with Crippen LogP contribution in [0.3, 0.4) is 0 Å². The van der Waals surface area contributed by atoms with Gasteiger partial charge in [0.15, 0.2) is 0 Å². The highest BCUT2D eigenvalue weighted by atomic mass is 16.2. The zero-order chi connectivity index (χ0) is 16.2. The number of H-pyrrole nitrogens is 1. The normalized spacial score (nSPS) is 22.5. The highest BCUT2D eigenvalue weighted by Crippen LogP contribution is 2.27. The van der Waals surface area contributed by atoms with Gasteiger partial charge in [0.25, 0.3) is 0 Å². The van der Waals surface area contributed by atoms with Crippen LogP contribution in [0.15, 0.2) is 18.3 Å². The first-order chi connectivity index (χ1) is 11.2. The van der Waals surface area contributed by atoms with Crippen molar-refractivity contribution in [3.63, 3.8) is 0 Å². The van der Waals surface area contributed by atoms with E-state index in [2.05, 4.69) is 34.2 Å². The van der Waals surface area contributed by atoms with Crippen molar-refractivity contribution >= 4 is 5.91 Å². The Kier molecular flexibility index (Phi) is 5.35. The van der Waals surface area contributed by atoms with Crippen LogP contribution >= 0.6 is 0 Å². The van der Waals surface area contributed by atoms with Gasteiger partial charge in [-0.15, -0.1) is 0 Å². The fourth-order valence-corrected chi connectivity index (χ4v) is 3.71. The Morgan fingerprint density at radius 2 is 1.96 bits per heavy atom. The maximum Gasteiger partial charge on any atom is 0.246 e. The van der Waals surface area contributed by atoms with E-state index in [-0.39, 0.29) is 11.9 Å². The number of nitrogens with zero attached hydrogens (tertiary/aromatic N) is 3. The van der Waals surface area contributed by atoms with Gasteiger partial charge in [0.1, 0.15) is 6.04 Å². The number of likely N-dealkylation sites (N-methyl/N-ethyl adjacent to an activating group) is 1. The number of piperidine rings is 1. The minimum Gasteiger partial charge on any atom is -0.363 e. The first-order valence-electron chi connectivity index (χ1n) is 8.70. The average molecular weight is 319 g/mol. The van der Waals surface area contributed by atoms with Crippen molar-refractivity contribution in [1.82, 2.24) is 25.0 Å². The summed E-state index contributed by atoms with van der Waals surface area (Å²) in [4.78, 5) is 23.1. The Balaban J connectivity index is 1.76. The standard InChI is InChI=1S/C17H29N5O/c1-20-10-5-14(6-11-20)21(2)16(15-4-3-7-19-15)17(23)22-12-8-18-9-13-22/h3-4,7,14,16,18-19H,5-6,8-13H2,1-2H3. The first-order valence-corrected chi connectivity index (χ1v) is 8.70. The lowest BCUT2D eigenvalue weighted by molar-refractivity contribution is -0.138. The van der Waals surface area contributed by atoms with E-state index in [0.717, 1.165) is 57.8 Å². The zero-order valence-corrected chi connectivity index (χ0v) is 14.3. The maximum atomic E-state index is 13.2. The van der Waals surface area contributed by atoms with Crippen LogP contribution in [0.4, 0.5) is 0 Å². The number of carbonyl (C=O) groups is 1. The summed E-state index contributed by atoms with van der Waals surface area (Å²) in [6, 6.07) is 4.29. The van der Waals surface area contributed by atoms with Crippen molar-refractivity contribution in [2.24, 2.45) is 0 Å². The molecule has 3 rings (SSSR count). The lowest BCUT2D eigenvalue weighted by atomic mass is 10.0. The van der Waals surface area contributed by atoms with Gasteiger partial charge in [0.2, 0.25) is 5.91 Å². The Bertz CT molecular complexity index is 489. The van der Waals surface area contributed by atoms with Crippen molar-refractivity contribution < 1.29 is 4.79 Å². The molecule has 1 atom stereocenters. The predicted molar refractivity (Wildman–Crippen MR) is 91.3 cm³/mol. The molecule has 0 radical (unpaired) electrons. The predicted octanol–water partition coefficient (Wildman–Crippen LogP) is 0.514. The molecule has 0 aromatic carbocycles. The SMILES string of the molecule is CN1CCC(N(C)C(C(=O)N2CCNCC2)c2ccc[nH]2)CC1. The molecule has 2 saturated heterocycles. The van der Waals surface area contributed by atoms with E-state index in [1.54, 1.807) is 0 Å². The molecule has 2 aliphatic rings. The van der Waals surface area contributed by atoms with Crippen LogP contribution in [-0.4, -0.2) is 85.0 Å². The second-order valence-corrected chi connectivity index (χ2v) is 6.80. The largest absolute Gasteiger partial charge is 0.363 e. The number of hydrogen-bond acceptors (Lipinski definition) is 4. The molecule has 1 aromatic rings. The van der Waals surface area contributed by atoms with Crippen LogP contribution in [-0.2, 0) is 4.79 Å². The summed E-state index contributed by atoms with van der Waals surface area (Å²) in [6.07, 6.45) is 4.16. The van der Waals surface area contributed by atoms with Crippen LogP contribution in [0.5, 0.6) is 0 Å². The average Bonchev–Trinajstić information content (AvgIpc) is 3.10. The monoisotopic (exact) mass is 319 g/mol. The molecule has 2 N–H and O–H groups in total. The second kappa shape index (κ2) is 7.47. The van der Waals surface area contributed by atoms with E-state index in [0.29, 0.717) is 6.04 Å². The number of hydrogen-bond donors (Lipinski definition) is 2. The number of aromatic amines is 1. The van der Waals surface area contributed by atoms with E-state index in [4.69, 9.17) is 0 Å². The van der Waals surface area contributed by atoms with Gasteiger partial charge in [-0.05, 0) is 52.2 Å². The molecule has 0 aliphatic carbocycles. The molecule has 23 heavy (non-hydrogen) atoms. The summed E-state index contributed by atoms with van der Waals surface area (Å²) in [5, 5.41) is 3.32. The fourth-order valence-electron chi connectivity index (χ4n) is 3.71. The van der Waals surface area contributed by atoms with Gasteiger partial charge in [-0.3, -0.25) is 9.69 Å². The third-order valence-electron chi connectivity index (χ3n) is 5.25. The van der Waals surface area contributed by atoms with Crippen LogP contribution in [0.1, 0.15) is 24.6 Å². The lowest BCUT2D eigenvalue weighted by Crippen LogP contribution is -2.52. The second-order valence-electron chi connectivity index (χ2n) is 6.80. The van der Waals surface area contributed by atoms with E-state index >= 15 is 0 Å². The highest BCUT2D eigenvalue weighted by molar-refractivity contribution is 5.83. The van der Waals surface area contributed by atoms with Gasteiger partial charge in [0, 0.05) is 44.1 Å². The van der Waals surface area contributed by atoms with Crippen LogP contribution in [0, 0.1) is 0 Å². The Labute approximate surface area is 138 Å². The van der Waals surface area contributed by atoms with Crippen LogP contribution < -0.4 is 5.32 Å². The molecular weight excluding hydrogens is 290 g/mol. The molecule has 0 bridgehead atoms. The van der Waals surface area contributed by atoms with E-state index in [1.165, 1.54) is 0 Å². The third kappa shape index (κ3) is 3.76. The summed E-state index contributed by atoms with van der Waals surface area (Å²) < 4.78 is 0. The minimum absolute atomic E-state index is 0.198. The van der Waals surface area contributed by atoms with Crippen LogP contribution in [0.25, 0.3) is 0 Å². The smallest absolute Gasteiger partial charge is 0.246 e. The number of rotatable bonds is 4. The van der Waals surface area contributed by atoms with Gasteiger partial charge in [-0.2, -0.15) is 0 Å². The van der Waals surface area contributed by atoms with Gasteiger partial charge < -0.3 is 20.1 Å². The van der Waals surface area contributed by atoms with Crippen molar-refractivity contribution in [1.29, 1.82) is 0 Å². The molecule has 1 unspecified atom stereocenters. The highest BCUT2D eigenvalue weighted by Gasteiger charge is 2.35. The molecule has 0 saturated carbocycles. The number of aromatic nitrogens is 1. The molecule has 0 spiro atoms. The van der Waals surface area contributed by atoms with Crippen molar-refractivity contribution in [2.45, 2.75) is 24.9 Å². The summed E-state index contributed by atoms with van der Waals surface area (Å²) in [5.74, 6) is 0.232. The molecule has 1 aromatic heterocycles. The summed E-state index contributed by atoms with van der Waals surface area (Å²) in [7, 11) is 4.28. The molecule has 6 nitrogen and oxygen atoms in total. The van der Waals surface area contributed by atoms with Gasteiger partial charge in [-0.25, -0.2) is 0 Å². The number of carbonyl (C=O) groups excluding carboxylic acids is 1. The minimum atomic E-state index is -0.198. The Morgan fingerprint density at radius 1 is 1.26 bits per heavy atom. The van der Waals surface area contributed by atoms with Gasteiger partial charge in [0.05, 0.1) is 0 Å². The Morgan fingerprint density at radius 3 is 2.57 bits per heavy atom. The quantitative estimate of drug-likeness (QED) is 0.849. The zero-order valence-electron chi connectivity index (χ0n) is 14.3. The van der Waals surface area contributed by atoms with Crippen molar-refractivity contribution in [3.05, 3.63) is 24.0 Å². The van der Waals surface area contributed by atoms with E-state index in [1.807, 2.05) is 23.2 Å². The maximum absolute atomic E-state index is 13.2. The summed E-state index contributed by atoms with van der Waals surface area (Å²) in [6.45, 7) is 5.60. The third-order valence-corrected chi connectivity index (χ3v) is 5.25. The van der Waals surface area contributed by atoms with Gasteiger partial charge >= 0.3 is 0 Å². The number of nitrogens with one attached hydrogen (secondary N) is 2. The topological polar surface area (TPSA) is 54.6 Å². The molecule has 2 aliphatic heterocycles. The molecule has 3 heterocycles.